The molecule has 0 saturated heterocycles. The number of halogens is 1. The summed E-state index contributed by atoms with van der Waals surface area (Å²) in [6.07, 6.45) is 1.51. The second-order valence-corrected chi connectivity index (χ2v) is 9.37. The van der Waals surface area contributed by atoms with E-state index >= 15 is 0 Å². The number of hydrogen-bond acceptors (Lipinski definition) is 3. The molecule has 3 rings (SSSR count). The minimum atomic E-state index is -1.54. The van der Waals surface area contributed by atoms with Crippen LogP contribution in [0.15, 0.2) is 47.4 Å². The number of anilines is 1. The molecule has 28 heavy (non-hydrogen) atoms. The van der Waals surface area contributed by atoms with E-state index in [1.807, 2.05) is 26.0 Å². The number of hydrogen-bond donors (Lipinski definition) is 2. The van der Waals surface area contributed by atoms with Gasteiger partial charge in [-0.25, -0.2) is 8.51 Å². The smallest absolute Gasteiger partial charge is 0.235 e. The predicted octanol–water partition coefficient (Wildman–Crippen LogP) is 3.73. The number of nitrogens with one attached hydrogen (secondary N) is 1. The van der Waals surface area contributed by atoms with Gasteiger partial charge in [0, 0.05) is 23.8 Å². The predicted molar refractivity (Wildman–Crippen MR) is 114 cm³/mol. The lowest BCUT2D eigenvalue weighted by Gasteiger charge is -2.29. The minimum Gasteiger partial charge on any atom is -0.384 e. The van der Waals surface area contributed by atoms with Gasteiger partial charge < -0.3 is 11.1 Å². The van der Waals surface area contributed by atoms with Crippen LogP contribution >= 0.6 is 11.6 Å². The number of carbonyl (C=O) groups excluding carboxylic acids is 1. The number of amides is 1. The molecular weight excluding hydrogens is 394 g/mol. The quantitative estimate of drug-likeness (QED) is 0.684. The van der Waals surface area contributed by atoms with Gasteiger partial charge in [-0.05, 0) is 60.2 Å². The van der Waals surface area contributed by atoms with E-state index in [9.17, 15) is 9.00 Å². The lowest BCUT2D eigenvalue weighted by molar-refractivity contribution is -0.122. The van der Waals surface area contributed by atoms with Gasteiger partial charge in [0.05, 0.1) is 4.90 Å². The Morgan fingerprint density at radius 2 is 1.96 bits per heavy atom. The molecule has 1 heterocycles. The van der Waals surface area contributed by atoms with Gasteiger partial charge in [-0.15, -0.1) is 0 Å². The summed E-state index contributed by atoms with van der Waals surface area (Å²) in [5.74, 6) is -0.217. The summed E-state index contributed by atoms with van der Waals surface area (Å²) < 4.78 is 15.1. The zero-order chi connectivity index (χ0) is 20.3. The van der Waals surface area contributed by atoms with Crippen LogP contribution in [0.1, 0.15) is 31.4 Å². The van der Waals surface area contributed by atoms with Gasteiger partial charge >= 0.3 is 0 Å². The molecule has 0 radical (unpaired) electrons. The Balaban J connectivity index is 1.94. The van der Waals surface area contributed by atoms with Crippen molar-refractivity contribution in [2.45, 2.75) is 44.2 Å². The number of nitrogens with zero attached hydrogens (tertiary/aromatic N) is 1. The Morgan fingerprint density at radius 3 is 2.61 bits per heavy atom. The monoisotopic (exact) mass is 419 g/mol. The summed E-state index contributed by atoms with van der Waals surface area (Å²) in [7, 11) is -1.54. The van der Waals surface area contributed by atoms with Crippen LogP contribution in [0.25, 0.3) is 0 Å². The molecule has 2 aromatic carbocycles. The number of nitrogens with two attached hydrogens (primary N) is 1. The highest BCUT2D eigenvalue weighted by Gasteiger charge is 2.30. The van der Waals surface area contributed by atoms with Gasteiger partial charge in [-0.3, -0.25) is 4.79 Å². The zero-order valence-electron chi connectivity index (χ0n) is 16.2. The van der Waals surface area contributed by atoms with E-state index in [1.54, 1.807) is 28.6 Å². The first-order chi connectivity index (χ1) is 13.3. The molecule has 0 saturated carbocycles. The molecule has 7 heteroatoms. The molecule has 0 aromatic heterocycles. The summed E-state index contributed by atoms with van der Waals surface area (Å²) in [5, 5.41) is 3.92. The van der Waals surface area contributed by atoms with E-state index in [0.717, 1.165) is 24.2 Å². The van der Waals surface area contributed by atoms with Gasteiger partial charge in [0.25, 0.3) is 0 Å². The molecular formula is C21H26ClN3O2S. The first-order valence-electron chi connectivity index (χ1n) is 9.44. The molecule has 1 aliphatic heterocycles. The van der Waals surface area contributed by atoms with Crippen molar-refractivity contribution in [1.29, 1.82) is 0 Å². The number of carbonyl (C=O) groups is 1. The van der Waals surface area contributed by atoms with Crippen LogP contribution in [0.5, 0.6) is 0 Å². The topological polar surface area (TPSA) is 75.4 Å². The average molecular weight is 420 g/mol. The summed E-state index contributed by atoms with van der Waals surface area (Å²) in [4.78, 5) is 12.9. The Labute approximate surface area is 173 Å². The lowest BCUT2D eigenvalue weighted by Crippen LogP contribution is -2.46. The van der Waals surface area contributed by atoms with Gasteiger partial charge in [0.2, 0.25) is 5.91 Å². The van der Waals surface area contributed by atoms with Crippen molar-refractivity contribution in [2.24, 2.45) is 11.7 Å². The maximum absolute atomic E-state index is 13.4. The Kier molecular flexibility index (Phi) is 6.75. The molecule has 5 nitrogen and oxygen atoms in total. The molecule has 2 aromatic rings. The highest BCUT2D eigenvalue weighted by atomic mass is 35.5. The summed E-state index contributed by atoms with van der Waals surface area (Å²) in [5.41, 5.74) is 9.12. The van der Waals surface area contributed by atoms with Crippen LogP contribution in [-0.4, -0.2) is 27.0 Å². The van der Waals surface area contributed by atoms with Crippen molar-refractivity contribution in [2.75, 3.05) is 11.9 Å². The standard InChI is InChI=1S/C21H26ClN3O2S/c1-14(2)11-20(21(23)26)25(28(27)18-6-4-17(22)5-7-18)13-15-3-8-19-16(12-15)9-10-24-19/h3-8,12,14,20,24H,9-11,13H2,1-2H3,(H2,23,26)/t20-,28?/m1/s1. The van der Waals surface area contributed by atoms with Crippen molar-refractivity contribution in [3.05, 3.63) is 58.6 Å². The van der Waals surface area contributed by atoms with Crippen LogP contribution in [0.3, 0.4) is 0 Å². The molecule has 1 aliphatic rings. The number of fused-ring (bicyclic) bond motifs is 1. The highest BCUT2D eigenvalue weighted by Crippen LogP contribution is 2.27. The Morgan fingerprint density at radius 1 is 1.25 bits per heavy atom. The number of primary amides is 1. The fourth-order valence-electron chi connectivity index (χ4n) is 3.43. The molecule has 0 fully saturated rings. The number of rotatable bonds is 8. The van der Waals surface area contributed by atoms with E-state index < -0.39 is 22.9 Å². The largest absolute Gasteiger partial charge is 0.384 e. The first kappa shape index (κ1) is 20.8. The van der Waals surface area contributed by atoms with Crippen molar-refractivity contribution >= 4 is 34.2 Å². The minimum absolute atomic E-state index is 0.242. The van der Waals surface area contributed by atoms with Crippen molar-refractivity contribution in [1.82, 2.24) is 4.31 Å². The normalized spacial score (nSPS) is 15.3. The first-order valence-corrected chi connectivity index (χ1v) is 10.9. The molecule has 1 unspecified atom stereocenters. The molecule has 3 N–H and O–H groups in total. The van der Waals surface area contributed by atoms with E-state index in [2.05, 4.69) is 11.4 Å². The Hall–Kier alpha value is -1.89. The SMILES string of the molecule is CC(C)C[C@H](C(N)=O)N(Cc1ccc2c(c1)CCN2)S(=O)c1ccc(Cl)cc1. The maximum Gasteiger partial charge on any atom is 0.235 e. The summed E-state index contributed by atoms with van der Waals surface area (Å²) in [6.45, 7) is 5.36. The van der Waals surface area contributed by atoms with Gasteiger partial charge in [0.1, 0.15) is 17.0 Å². The van der Waals surface area contributed by atoms with Crippen LogP contribution in [0, 0.1) is 5.92 Å². The average Bonchev–Trinajstić information content (AvgIpc) is 3.12. The molecule has 0 bridgehead atoms. The van der Waals surface area contributed by atoms with Crippen molar-refractivity contribution in [3.63, 3.8) is 0 Å². The zero-order valence-corrected chi connectivity index (χ0v) is 17.7. The van der Waals surface area contributed by atoms with E-state index in [-0.39, 0.29) is 5.92 Å². The third kappa shape index (κ3) is 4.93. The molecule has 0 spiro atoms. The van der Waals surface area contributed by atoms with Crippen LogP contribution in [0.2, 0.25) is 5.02 Å². The lowest BCUT2D eigenvalue weighted by atomic mass is 10.0. The molecule has 1 amide bonds. The third-order valence-corrected chi connectivity index (χ3v) is 6.55. The highest BCUT2D eigenvalue weighted by molar-refractivity contribution is 7.82. The summed E-state index contributed by atoms with van der Waals surface area (Å²) in [6, 6.07) is 12.4. The van der Waals surface area contributed by atoms with Crippen LogP contribution in [-0.2, 0) is 28.7 Å². The second kappa shape index (κ2) is 9.07. The van der Waals surface area contributed by atoms with E-state index in [1.165, 1.54) is 5.56 Å². The van der Waals surface area contributed by atoms with Gasteiger partial charge in [-0.1, -0.05) is 37.6 Å². The van der Waals surface area contributed by atoms with E-state index in [4.69, 9.17) is 17.3 Å². The fraction of sp³-hybridized carbons (Fsp3) is 0.381. The van der Waals surface area contributed by atoms with Gasteiger partial charge in [-0.2, -0.15) is 0 Å². The Bertz CT molecular complexity index is 870. The molecule has 2 atom stereocenters. The van der Waals surface area contributed by atoms with Gasteiger partial charge in [0.15, 0.2) is 0 Å². The van der Waals surface area contributed by atoms with Crippen molar-refractivity contribution in [3.8, 4) is 0 Å². The van der Waals surface area contributed by atoms with Crippen molar-refractivity contribution < 1.29 is 9.00 Å². The molecule has 0 aliphatic carbocycles. The van der Waals surface area contributed by atoms with Crippen LogP contribution < -0.4 is 11.1 Å². The molecule has 150 valence electrons. The second-order valence-electron chi connectivity index (χ2n) is 7.49. The van der Waals surface area contributed by atoms with Crippen LogP contribution in [0.4, 0.5) is 5.69 Å². The number of benzene rings is 2. The van der Waals surface area contributed by atoms with E-state index in [0.29, 0.717) is 22.9 Å². The summed E-state index contributed by atoms with van der Waals surface area (Å²) >= 11 is 5.97. The maximum atomic E-state index is 13.4. The third-order valence-electron chi connectivity index (χ3n) is 4.82. The fourth-order valence-corrected chi connectivity index (χ4v) is 4.88.